The Morgan fingerprint density at radius 1 is 1.17 bits per heavy atom. The van der Waals surface area contributed by atoms with E-state index in [9.17, 15) is 5.11 Å². The summed E-state index contributed by atoms with van der Waals surface area (Å²) >= 11 is 0. The van der Waals surface area contributed by atoms with Crippen molar-refractivity contribution in [2.24, 2.45) is 0 Å². The van der Waals surface area contributed by atoms with Crippen molar-refractivity contribution >= 4 is 0 Å². The molecule has 0 aliphatic rings. The lowest BCUT2D eigenvalue weighted by Crippen LogP contribution is -1.94. The molecule has 94 valence electrons. The highest BCUT2D eigenvalue weighted by molar-refractivity contribution is 5.35. The first kappa shape index (κ1) is 12.4. The minimum Gasteiger partial charge on any atom is -0.497 e. The molecular formula is C14H15NO3. The minimum atomic E-state index is -0.525. The van der Waals surface area contributed by atoms with Gasteiger partial charge in [0.05, 0.1) is 13.2 Å². The van der Waals surface area contributed by atoms with Gasteiger partial charge in [0.2, 0.25) is 5.88 Å². The van der Waals surface area contributed by atoms with Gasteiger partial charge in [0, 0.05) is 18.3 Å². The molecule has 0 amide bonds. The molecule has 0 fully saturated rings. The van der Waals surface area contributed by atoms with E-state index in [1.54, 1.807) is 38.4 Å². The van der Waals surface area contributed by atoms with Crippen molar-refractivity contribution in [1.82, 2.24) is 4.98 Å². The Labute approximate surface area is 106 Å². The highest BCUT2D eigenvalue weighted by atomic mass is 16.5. The molecule has 0 unspecified atom stereocenters. The van der Waals surface area contributed by atoms with Gasteiger partial charge in [-0.15, -0.1) is 0 Å². The van der Waals surface area contributed by atoms with Crippen molar-refractivity contribution in [2.75, 3.05) is 7.11 Å². The average Bonchev–Trinajstić information content (AvgIpc) is 2.39. The fourth-order valence-corrected chi connectivity index (χ4v) is 1.48. The van der Waals surface area contributed by atoms with Crippen molar-refractivity contribution in [3.05, 3.63) is 48.2 Å². The van der Waals surface area contributed by atoms with E-state index in [4.69, 9.17) is 9.47 Å². The molecule has 18 heavy (non-hydrogen) atoms. The summed E-state index contributed by atoms with van der Waals surface area (Å²) in [5.74, 6) is 1.87. The number of benzene rings is 1. The topological polar surface area (TPSA) is 51.6 Å². The summed E-state index contributed by atoms with van der Waals surface area (Å²) in [4.78, 5) is 4.13. The molecule has 1 aromatic carbocycles. The summed E-state index contributed by atoms with van der Waals surface area (Å²) in [5, 5.41) is 9.38. The summed E-state index contributed by atoms with van der Waals surface area (Å²) in [7, 11) is 1.61. The number of hydrogen-bond donors (Lipinski definition) is 1. The van der Waals surface area contributed by atoms with Gasteiger partial charge < -0.3 is 14.6 Å². The fourth-order valence-electron chi connectivity index (χ4n) is 1.48. The first-order valence-corrected chi connectivity index (χ1v) is 5.65. The summed E-state index contributed by atoms with van der Waals surface area (Å²) in [6.07, 6.45) is 1.07. The zero-order valence-electron chi connectivity index (χ0n) is 10.3. The van der Waals surface area contributed by atoms with Crippen molar-refractivity contribution < 1.29 is 14.6 Å². The molecule has 1 N–H and O–H groups in total. The van der Waals surface area contributed by atoms with E-state index < -0.39 is 6.10 Å². The average molecular weight is 245 g/mol. The van der Waals surface area contributed by atoms with Crippen LogP contribution in [0.5, 0.6) is 17.4 Å². The largest absolute Gasteiger partial charge is 0.497 e. The third kappa shape index (κ3) is 2.99. The highest BCUT2D eigenvalue weighted by Gasteiger charge is 2.03. The Morgan fingerprint density at radius 2 is 1.94 bits per heavy atom. The lowest BCUT2D eigenvalue weighted by Gasteiger charge is -2.08. The minimum absolute atomic E-state index is 0.479. The smallest absolute Gasteiger partial charge is 0.219 e. The molecule has 1 heterocycles. The standard InChI is InChI=1S/C14H15NO3/c1-10(16)11-6-7-14(15-9-11)18-13-5-3-4-12(8-13)17-2/h3-10,16H,1-2H3/t10-/m0/s1. The number of nitrogens with zero attached hydrogens (tertiary/aromatic N) is 1. The SMILES string of the molecule is COc1cccc(Oc2ccc([C@H](C)O)cn2)c1. The van der Waals surface area contributed by atoms with Crippen LogP contribution in [0.2, 0.25) is 0 Å². The zero-order valence-corrected chi connectivity index (χ0v) is 10.3. The third-order valence-electron chi connectivity index (χ3n) is 2.51. The first-order chi connectivity index (χ1) is 8.69. The molecule has 0 spiro atoms. The van der Waals surface area contributed by atoms with E-state index >= 15 is 0 Å². The maximum atomic E-state index is 9.38. The van der Waals surface area contributed by atoms with Crippen LogP contribution in [0.15, 0.2) is 42.6 Å². The molecule has 0 radical (unpaired) electrons. The van der Waals surface area contributed by atoms with Gasteiger partial charge in [-0.25, -0.2) is 4.98 Å². The van der Waals surface area contributed by atoms with Crippen LogP contribution in [0.25, 0.3) is 0 Å². The normalized spacial score (nSPS) is 11.9. The molecular weight excluding hydrogens is 230 g/mol. The van der Waals surface area contributed by atoms with Crippen molar-refractivity contribution in [3.8, 4) is 17.4 Å². The molecule has 0 bridgehead atoms. The van der Waals surface area contributed by atoms with E-state index in [2.05, 4.69) is 4.98 Å². The van der Waals surface area contributed by atoms with Crippen LogP contribution in [0, 0.1) is 0 Å². The van der Waals surface area contributed by atoms with Crippen LogP contribution in [-0.2, 0) is 0 Å². The van der Waals surface area contributed by atoms with Gasteiger partial charge in [-0.3, -0.25) is 0 Å². The van der Waals surface area contributed by atoms with Gasteiger partial charge in [0.25, 0.3) is 0 Å². The van der Waals surface area contributed by atoms with Gasteiger partial charge in [0.15, 0.2) is 0 Å². The van der Waals surface area contributed by atoms with Gasteiger partial charge in [-0.05, 0) is 30.7 Å². The molecule has 2 aromatic rings. The number of aromatic nitrogens is 1. The summed E-state index contributed by atoms with van der Waals surface area (Å²) < 4.78 is 10.7. The van der Waals surface area contributed by atoms with Crippen LogP contribution in [0.4, 0.5) is 0 Å². The van der Waals surface area contributed by atoms with E-state index in [0.29, 0.717) is 11.6 Å². The Morgan fingerprint density at radius 3 is 2.56 bits per heavy atom. The van der Waals surface area contributed by atoms with Gasteiger partial charge >= 0.3 is 0 Å². The summed E-state index contributed by atoms with van der Waals surface area (Å²) in [6, 6.07) is 10.8. The third-order valence-corrected chi connectivity index (χ3v) is 2.51. The number of aliphatic hydroxyl groups excluding tert-OH is 1. The van der Waals surface area contributed by atoms with Crippen LogP contribution in [0.3, 0.4) is 0 Å². The Kier molecular flexibility index (Phi) is 3.79. The van der Waals surface area contributed by atoms with Crippen molar-refractivity contribution in [3.63, 3.8) is 0 Å². The molecule has 1 aromatic heterocycles. The Balaban J connectivity index is 2.13. The maximum absolute atomic E-state index is 9.38. The second kappa shape index (κ2) is 5.51. The van der Waals surface area contributed by atoms with Crippen LogP contribution in [0.1, 0.15) is 18.6 Å². The maximum Gasteiger partial charge on any atom is 0.219 e. The zero-order chi connectivity index (χ0) is 13.0. The van der Waals surface area contributed by atoms with E-state index in [-0.39, 0.29) is 0 Å². The van der Waals surface area contributed by atoms with Gasteiger partial charge in [0.1, 0.15) is 11.5 Å². The van der Waals surface area contributed by atoms with Gasteiger partial charge in [-0.1, -0.05) is 6.07 Å². The number of hydrogen-bond acceptors (Lipinski definition) is 4. The molecule has 0 aliphatic heterocycles. The van der Waals surface area contributed by atoms with E-state index in [0.717, 1.165) is 11.3 Å². The predicted molar refractivity (Wildman–Crippen MR) is 67.9 cm³/mol. The van der Waals surface area contributed by atoms with E-state index in [1.165, 1.54) is 0 Å². The number of ether oxygens (including phenoxy) is 2. The molecule has 4 heteroatoms. The summed E-state index contributed by atoms with van der Waals surface area (Å²) in [5.41, 5.74) is 0.757. The van der Waals surface area contributed by atoms with Crippen LogP contribution in [-0.4, -0.2) is 17.2 Å². The monoisotopic (exact) mass is 245 g/mol. The highest BCUT2D eigenvalue weighted by Crippen LogP contribution is 2.24. The lowest BCUT2D eigenvalue weighted by molar-refractivity contribution is 0.198. The number of pyridine rings is 1. The molecule has 2 rings (SSSR count). The Hall–Kier alpha value is -2.07. The molecule has 0 aliphatic carbocycles. The quantitative estimate of drug-likeness (QED) is 0.899. The molecule has 0 saturated heterocycles. The fraction of sp³-hybridized carbons (Fsp3) is 0.214. The second-order valence-corrected chi connectivity index (χ2v) is 3.89. The number of rotatable bonds is 4. The van der Waals surface area contributed by atoms with Crippen LogP contribution >= 0.6 is 0 Å². The number of methoxy groups -OCH3 is 1. The molecule has 0 saturated carbocycles. The second-order valence-electron chi connectivity index (χ2n) is 3.89. The number of aliphatic hydroxyl groups is 1. The molecule has 1 atom stereocenters. The van der Waals surface area contributed by atoms with Crippen molar-refractivity contribution in [1.29, 1.82) is 0 Å². The van der Waals surface area contributed by atoms with Crippen LogP contribution < -0.4 is 9.47 Å². The summed E-state index contributed by atoms with van der Waals surface area (Å²) in [6.45, 7) is 1.69. The molecule has 4 nitrogen and oxygen atoms in total. The van der Waals surface area contributed by atoms with Gasteiger partial charge in [-0.2, -0.15) is 0 Å². The van der Waals surface area contributed by atoms with Crippen molar-refractivity contribution in [2.45, 2.75) is 13.0 Å². The van der Waals surface area contributed by atoms with E-state index in [1.807, 2.05) is 18.2 Å². The Bertz CT molecular complexity index is 509. The lowest BCUT2D eigenvalue weighted by atomic mass is 10.2. The first-order valence-electron chi connectivity index (χ1n) is 5.65. The predicted octanol–water partition coefficient (Wildman–Crippen LogP) is 2.94.